The summed E-state index contributed by atoms with van der Waals surface area (Å²) >= 11 is 0. The Balaban J connectivity index is 2.87. The largest absolute Gasteiger partial charge is 0.444 e. The predicted molar refractivity (Wildman–Crippen MR) is 86.6 cm³/mol. The van der Waals surface area contributed by atoms with Gasteiger partial charge in [-0.2, -0.15) is 0 Å². The molecule has 134 valence electrons. The summed E-state index contributed by atoms with van der Waals surface area (Å²) in [6.07, 6.45) is -0.00948. The third-order valence-corrected chi connectivity index (χ3v) is 2.70. The first-order valence-corrected chi connectivity index (χ1v) is 7.56. The maximum Gasteiger partial charge on any atom is 0.412 e. The van der Waals surface area contributed by atoms with Crippen molar-refractivity contribution in [3.05, 3.63) is 29.8 Å². The van der Waals surface area contributed by atoms with E-state index in [-0.39, 0.29) is 17.7 Å². The van der Waals surface area contributed by atoms with Crippen molar-refractivity contribution >= 4 is 17.7 Å². The molecule has 0 atom stereocenters. The number of para-hydroxylation sites is 1. The van der Waals surface area contributed by atoms with Gasteiger partial charge in [-0.05, 0) is 39.3 Å². The van der Waals surface area contributed by atoms with Crippen LogP contribution >= 0.6 is 0 Å². The van der Waals surface area contributed by atoms with E-state index in [0.29, 0.717) is 6.42 Å². The van der Waals surface area contributed by atoms with E-state index in [0.717, 1.165) is 0 Å². The summed E-state index contributed by atoms with van der Waals surface area (Å²) in [7, 11) is 0. The van der Waals surface area contributed by atoms with Gasteiger partial charge in [-0.25, -0.2) is 15.1 Å². The molecule has 0 aliphatic rings. The molecular weight excluding hydrogens is 316 g/mol. The summed E-state index contributed by atoms with van der Waals surface area (Å²) < 4.78 is 5.12. The highest BCUT2D eigenvalue weighted by Gasteiger charge is 2.32. The monoisotopic (exact) mass is 340 g/mol. The van der Waals surface area contributed by atoms with Crippen molar-refractivity contribution in [2.45, 2.75) is 52.1 Å². The minimum atomic E-state index is -2.82. The lowest BCUT2D eigenvalue weighted by atomic mass is 10.1. The van der Waals surface area contributed by atoms with Crippen molar-refractivity contribution in [2.75, 3.05) is 5.32 Å². The number of aliphatic hydroxyl groups is 2. The van der Waals surface area contributed by atoms with Crippen molar-refractivity contribution in [1.82, 2.24) is 5.48 Å². The zero-order valence-corrected chi connectivity index (χ0v) is 14.3. The maximum atomic E-state index is 11.9. The minimum absolute atomic E-state index is 0.0708. The average molecular weight is 340 g/mol. The Morgan fingerprint density at radius 3 is 2.38 bits per heavy atom. The highest BCUT2D eigenvalue weighted by molar-refractivity contribution is 5.86. The van der Waals surface area contributed by atoms with E-state index in [1.165, 1.54) is 18.2 Å². The molecule has 2 amide bonds. The van der Waals surface area contributed by atoms with Crippen LogP contribution in [0, 0.1) is 0 Å². The second-order valence-corrected chi connectivity index (χ2v) is 6.16. The number of amides is 2. The van der Waals surface area contributed by atoms with Crippen molar-refractivity contribution in [1.29, 1.82) is 0 Å². The molecule has 0 radical (unpaired) electrons. The third kappa shape index (κ3) is 6.53. The molecule has 24 heavy (non-hydrogen) atoms. The Labute approximate surface area is 140 Å². The molecule has 1 aromatic rings. The molecule has 0 aromatic heterocycles. The van der Waals surface area contributed by atoms with E-state index in [1.807, 2.05) is 5.48 Å². The lowest BCUT2D eigenvalue weighted by molar-refractivity contribution is -0.369. The van der Waals surface area contributed by atoms with Gasteiger partial charge in [0.25, 0.3) is 0 Å². The molecule has 0 spiro atoms. The molecule has 8 heteroatoms. The first kappa shape index (κ1) is 19.9. The molecule has 0 heterocycles. The van der Waals surface area contributed by atoms with Crippen LogP contribution in [0.25, 0.3) is 0 Å². The van der Waals surface area contributed by atoms with Crippen LogP contribution in [0.3, 0.4) is 0 Å². The number of carbonyl (C=O) groups is 2. The Bertz CT molecular complexity index is 580. The van der Waals surface area contributed by atoms with Gasteiger partial charge in [0.05, 0.1) is 11.3 Å². The number of hydroxylamine groups is 1. The van der Waals surface area contributed by atoms with Gasteiger partial charge < -0.3 is 14.9 Å². The van der Waals surface area contributed by atoms with E-state index in [9.17, 15) is 19.8 Å². The van der Waals surface area contributed by atoms with Crippen LogP contribution in [0.4, 0.5) is 10.5 Å². The van der Waals surface area contributed by atoms with Crippen LogP contribution in [0.1, 0.15) is 46.1 Å². The molecule has 0 saturated carbocycles. The second-order valence-electron chi connectivity index (χ2n) is 6.16. The van der Waals surface area contributed by atoms with Crippen molar-refractivity contribution in [3.63, 3.8) is 0 Å². The fourth-order valence-electron chi connectivity index (χ4n) is 1.75. The molecule has 0 unspecified atom stereocenters. The Morgan fingerprint density at radius 2 is 1.79 bits per heavy atom. The van der Waals surface area contributed by atoms with E-state index in [2.05, 4.69) is 10.2 Å². The first-order chi connectivity index (χ1) is 11.0. The molecule has 4 N–H and O–H groups in total. The summed E-state index contributed by atoms with van der Waals surface area (Å²) in [4.78, 5) is 27.9. The Hall–Kier alpha value is -2.16. The quantitative estimate of drug-likeness (QED) is 0.465. The normalized spacial score (nSPS) is 11.8. The molecule has 0 saturated heterocycles. The van der Waals surface area contributed by atoms with Gasteiger partial charge >= 0.3 is 12.1 Å². The topological polar surface area (TPSA) is 117 Å². The van der Waals surface area contributed by atoms with Gasteiger partial charge in [-0.1, -0.05) is 19.1 Å². The van der Waals surface area contributed by atoms with Crippen molar-refractivity contribution in [3.8, 4) is 0 Å². The van der Waals surface area contributed by atoms with Crippen LogP contribution in [-0.2, 0) is 20.3 Å². The summed E-state index contributed by atoms with van der Waals surface area (Å²) in [5.74, 6) is -3.32. The van der Waals surface area contributed by atoms with Crippen LogP contribution in [0.2, 0.25) is 0 Å². The van der Waals surface area contributed by atoms with Crippen LogP contribution in [0.5, 0.6) is 0 Å². The third-order valence-electron chi connectivity index (χ3n) is 2.70. The number of benzene rings is 1. The fourth-order valence-corrected chi connectivity index (χ4v) is 1.75. The van der Waals surface area contributed by atoms with Crippen molar-refractivity contribution in [2.24, 2.45) is 0 Å². The van der Waals surface area contributed by atoms with Gasteiger partial charge in [-0.3, -0.25) is 10.1 Å². The number of hydrogen-bond acceptors (Lipinski definition) is 6. The number of rotatable bonds is 6. The van der Waals surface area contributed by atoms with Gasteiger partial charge in [0.1, 0.15) is 5.60 Å². The molecule has 1 rings (SSSR count). The van der Waals surface area contributed by atoms with E-state index >= 15 is 0 Å². The number of nitrogens with one attached hydrogen (secondary N) is 2. The highest BCUT2D eigenvalue weighted by atomic mass is 16.8. The maximum absolute atomic E-state index is 11.9. The lowest BCUT2D eigenvalue weighted by Crippen LogP contribution is -2.39. The zero-order valence-electron chi connectivity index (χ0n) is 14.3. The van der Waals surface area contributed by atoms with Gasteiger partial charge in [0.2, 0.25) is 5.91 Å². The molecule has 0 bridgehead atoms. The SMILES string of the molecule is CCCC(=O)NOC(O)(O)c1ccccc1NC(=O)OC(C)(C)C. The Morgan fingerprint density at radius 1 is 1.17 bits per heavy atom. The van der Waals surface area contributed by atoms with Crippen LogP contribution in [0.15, 0.2) is 24.3 Å². The van der Waals surface area contributed by atoms with Crippen LogP contribution in [-0.4, -0.2) is 27.8 Å². The van der Waals surface area contributed by atoms with Gasteiger partial charge in [0, 0.05) is 6.42 Å². The molecule has 0 aliphatic heterocycles. The molecular formula is C16H24N2O6. The lowest BCUT2D eigenvalue weighted by Gasteiger charge is -2.25. The highest BCUT2D eigenvalue weighted by Crippen LogP contribution is 2.27. The predicted octanol–water partition coefficient (Wildman–Crippen LogP) is 1.98. The number of carbonyl (C=O) groups excluding carboxylic acids is 2. The van der Waals surface area contributed by atoms with E-state index < -0.39 is 23.6 Å². The van der Waals surface area contributed by atoms with E-state index in [4.69, 9.17) is 4.74 Å². The number of ether oxygens (including phenoxy) is 1. The fraction of sp³-hybridized carbons (Fsp3) is 0.500. The summed E-state index contributed by atoms with van der Waals surface area (Å²) in [6, 6.07) is 5.88. The van der Waals surface area contributed by atoms with Gasteiger partial charge in [-0.15, -0.1) is 0 Å². The summed E-state index contributed by atoms with van der Waals surface area (Å²) in [5, 5.41) is 22.5. The average Bonchev–Trinajstić information content (AvgIpc) is 2.44. The molecule has 0 fully saturated rings. The smallest absolute Gasteiger partial charge is 0.412 e. The molecule has 1 aromatic carbocycles. The standard InChI is InChI=1S/C16H24N2O6/c1-5-8-13(19)18-24-16(21,22)11-9-6-7-10-12(11)17-14(20)23-15(2,3)4/h6-7,9-10,21-22H,5,8H2,1-4H3,(H,17,20)(H,18,19). The second kappa shape index (κ2) is 8.09. The summed E-state index contributed by atoms with van der Waals surface area (Å²) in [5.41, 5.74) is 1.16. The minimum Gasteiger partial charge on any atom is -0.444 e. The molecule has 0 aliphatic carbocycles. The van der Waals surface area contributed by atoms with Crippen LogP contribution < -0.4 is 10.8 Å². The van der Waals surface area contributed by atoms with Crippen molar-refractivity contribution < 1.29 is 29.4 Å². The zero-order chi connectivity index (χ0) is 18.4. The molecule has 8 nitrogen and oxygen atoms in total. The number of hydrogen-bond donors (Lipinski definition) is 4. The summed E-state index contributed by atoms with van der Waals surface area (Å²) in [6.45, 7) is 6.90. The van der Waals surface area contributed by atoms with E-state index in [1.54, 1.807) is 33.8 Å². The number of anilines is 1. The van der Waals surface area contributed by atoms with Gasteiger partial charge in [0.15, 0.2) is 0 Å². The first-order valence-electron chi connectivity index (χ1n) is 7.56. The Kier molecular flexibility index (Phi) is 6.70.